The van der Waals surface area contributed by atoms with Crippen molar-refractivity contribution < 1.29 is 13.9 Å². The number of nitrogens with zero attached hydrogens (tertiary/aromatic N) is 2. The largest absolute Gasteiger partial charge is 0.480 e. The molecule has 0 radical (unpaired) electrons. The quantitative estimate of drug-likeness (QED) is 0.170. The molecule has 2 aromatic heterocycles. The van der Waals surface area contributed by atoms with Crippen LogP contribution in [0.2, 0.25) is 0 Å². The Bertz CT molecular complexity index is 1340. The summed E-state index contributed by atoms with van der Waals surface area (Å²) in [6.07, 6.45) is 3.11. The molecule has 2 aromatic carbocycles. The van der Waals surface area contributed by atoms with Crippen molar-refractivity contribution in [2.75, 3.05) is 6.61 Å². The average molecular weight is 654 g/mol. The van der Waals surface area contributed by atoms with Crippen molar-refractivity contribution in [1.82, 2.24) is 10.4 Å². The lowest BCUT2D eigenvalue weighted by atomic mass is 10.2. The third kappa shape index (κ3) is 6.06. The fourth-order valence-corrected chi connectivity index (χ4v) is 5.55. The molecule has 0 spiro atoms. The van der Waals surface area contributed by atoms with E-state index in [0.717, 1.165) is 19.2 Å². The zero-order chi connectivity index (χ0) is 23.4. The number of aryl methyl sites for hydroxylation is 1. The van der Waals surface area contributed by atoms with Crippen LogP contribution in [0.15, 0.2) is 87.7 Å². The highest BCUT2D eigenvalue weighted by molar-refractivity contribution is 9.11. The van der Waals surface area contributed by atoms with Crippen molar-refractivity contribution >= 4 is 82.6 Å². The number of fused-ring (bicyclic) bond motifs is 1. The molecule has 4 rings (SSSR count). The van der Waals surface area contributed by atoms with Crippen molar-refractivity contribution in [3.8, 4) is 5.75 Å². The van der Waals surface area contributed by atoms with Gasteiger partial charge in [0, 0.05) is 27.0 Å². The summed E-state index contributed by atoms with van der Waals surface area (Å²) in [7, 11) is 0. The number of ether oxygens (including phenoxy) is 1. The van der Waals surface area contributed by atoms with E-state index in [1.165, 1.54) is 23.5 Å². The van der Waals surface area contributed by atoms with Gasteiger partial charge in [-0.05, 0) is 63.0 Å². The van der Waals surface area contributed by atoms with Crippen LogP contribution in [-0.2, 0) is 4.79 Å². The number of furan rings is 1. The lowest BCUT2D eigenvalue weighted by Gasteiger charge is -2.11. The molecule has 1 amide bonds. The number of aromatic nitrogens is 1. The van der Waals surface area contributed by atoms with Gasteiger partial charge in [0.15, 0.2) is 17.4 Å². The normalized spacial score (nSPS) is 11.3. The molecule has 168 valence electrons. The van der Waals surface area contributed by atoms with Crippen LogP contribution in [0.3, 0.4) is 0 Å². The number of amides is 1. The number of nitrogens with one attached hydrogen (secondary N) is 1. The van der Waals surface area contributed by atoms with Crippen LogP contribution in [-0.4, -0.2) is 23.7 Å². The molecule has 10 heteroatoms. The highest BCUT2D eigenvalue weighted by atomic mass is 79.9. The number of carbonyl (C=O) groups excluding carboxylic acids is 1. The van der Waals surface area contributed by atoms with Crippen LogP contribution in [0.4, 0.5) is 0 Å². The van der Waals surface area contributed by atoms with Crippen molar-refractivity contribution in [3.05, 3.63) is 79.5 Å². The van der Waals surface area contributed by atoms with E-state index in [9.17, 15) is 4.79 Å². The number of hydrazone groups is 1. The fraction of sp³-hybridized carbons (Fsp3) is 0.0870. The lowest BCUT2D eigenvalue weighted by molar-refractivity contribution is -0.123. The second-order valence-electron chi connectivity index (χ2n) is 6.85. The Morgan fingerprint density at radius 3 is 2.73 bits per heavy atom. The van der Waals surface area contributed by atoms with E-state index in [1.807, 2.05) is 49.4 Å². The lowest BCUT2D eigenvalue weighted by Crippen LogP contribution is -2.24. The Morgan fingerprint density at radius 1 is 1.15 bits per heavy atom. The topological polar surface area (TPSA) is 76.7 Å². The van der Waals surface area contributed by atoms with Gasteiger partial charge in [0.05, 0.1) is 15.2 Å². The van der Waals surface area contributed by atoms with E-state index in [2.05, 4.69) is 63.3 Å². The number of hydrogen-bond donors (Lipinski definition) is 1. The monoisotopic (exact) mass is 651 g/mol. The number of hydrogen-bond acceptors (Lipinski definition) is 6. The van der Waals surface area contributed by atoms with Crippen LogP contribution < -0.4 is 10.2 Å². The van der Waals surface area contributed by atoms with Crippen molar-refractivity contribution in [3.63, 3.8) is 0 Å². The van der Waals surface area contributed by atoms with E-state index < -0.39 is 5.91 Å². The first-order chi connectivity index (χ1) is 15.9. The van der Waals surface area contributed by atoms with Gasteiger partial charge in [-0.1, -0.05) is 51.5 Å². The third-order valence-corrected chi connectivity index (χ3v) is 7.48. The summed E-state index contributed by atoms with van der Waals surface area (Å²) >= 11 is 12.0. The van der Waals surface area contributed by atoms with E-state index in [1.54, 1.807) is 12.3 Å². The summed E-state index contributed by atoms with van der Waals surface area (Å²) in [5, 5.41) is 5.55. The standard InChI is InChI=1S/C23H16Br3N3O3S/c1-13-4-6-15(7-5-13)33-23-19(26)9-14(32-23)11-28-29-20(30)12-31-22-18(25)10-17(24)16-3-2-8-27-21(16)22/h2-11H,12H2,1H3,(H,29,30)/b28-11+. The van der Waals surface area contributed by atoms with Gasteiger partial charge in [-0.15, -0.1) is 0 Å². The predicted molar refractivity (Wildman–Crippen MR) is 140 cm³/mol. The number of carbonyl (C=O) groups is 1. The zero-order valence-electron chi connectivity index (χ0n) is 17.1. The highest BCUT2D eigenvalue weighted by Gasteiger charge is 2.14. The van der Waals surface area contributed by atoms with Crippen LogP contribution >= 0.6 is 59.6 Å². The van der Waals surface area contributed by atoms with Gasteiger partial charge in [-0.2, -0.15) is 5.10 Å². The maximum absolute atomic E-state index is 12.2. The molecular weight excluding hydrogens is 638 g/mol. The van der Waals surface area contributed by atoms with Crippen LogP contribution in [0, 0.1) is 6.92 Å². The molecule has 6 nitrogen and oxygen atoms in total. The molecule has 0 aliphatic heterocycles. The number of pyridine rings is 1. The SMILES string of the molecule is Cc1ccc(Sc2oc(/C=N/NC(=O)COc3c(Br)cc(Br)c4cccnc34)cc2Br)cc1. The van der Waals surface area contributed by atoms with Crippen LogP contribution in [0.5, 0.6) is 5.75 Å². The maximum atomic E-state index is 12.2. The van der Waals surface area contributed by atoms with Gasteiger partial charge in [0.1, 0.15) is 11.3 Å². The van der Waals surface area contributed by atoms with E-state index in [-0.39, 0.29) is 6.61 Å². The smallest absolute Gasteiger partial charge is 0.277 e. The van der Waals surface area contributed by atoms with E-state index in [4.69, 9.17) is 9.15 Å². The Morgan fingerprint density at radius 2 is 1.94 bits per heavy atom. The molecule has 0 saturated carbocycles. The maximum Gasteiger partial charge on any atom is 0.277 e. The highest BCUT2D eigenvalue weighted by Crippen LogP contribution is 2.37. The van der Waals surface area contributed by atoms with Crippen molar-refractivity contribution in [1.29, 1.82) is 0 Å². The first kappa shape index (κ1) is 24.0. The Hall–Kier alpha value is -2.14. The molecule has 0 saturated heterocycles. The minimum atomic E-state index is -0.412. The van der Waals surface area contributed by atoms with Crippen LogP contribution in [0.1, 0.15) is 11.3 Å². The first-order valence-electron chi connectivity index (χ1n) is 9.62. The van der Waals surface area contributed by atoms with Crippen molar-refractivity contribution in [2.24, 2.45) is 5.10 Å². The van der Waals surface area contributed by atoms with E-state index in [0.29, 0.717) is 26.6 Å². The molecule has 2 heterocycles. The Balaban J connectivity index is 1.36. The molecule has 0 fully saturated rings. The van der Waals surface area contributed by atoms with Gasteiger partial charge in [-0.3, -0.25) is 9.78 Å². The minimum absolute atomic E-state index is 0.223. The summed E-state index contributed by atoms with van der Waals surface area (Å²) in [5.74, 6) is 0.578. The first-order valence-corrected chi connectivity index (χ1v) is 12.8. The van der Waals surface area contributed by atoms with Gasteiger partial charge in [0.2, 0.25) is 0 Å². The third-order valence-electron chi connectivity index (χ3n) is 4.39. The molecule has 0 aliphatic carbocycles. The fourth-order valence-electron chi connectivity index (χ4n) is 2.84. The number of benzene rings is 2. The molecule has 0 aliphatic rings. The summed E-state index contributed by atoms with van der Waals surface area (Å²) in [6, 6.07) is 15.6. The summed E-state index contributed by atoms with van der Waals surface area (Å²) in [5.41, 5.74) is 4.29. The molecule has 4 aromatic rings. The molecule has 0 atom stereocenters. The van der Waals surface area contributed by atoms with Gasteiger partial charge in [-0.25, -0.2) is 5.43 Å². The second kappa shape index (κ2) is 10.9. The van der Waals surface area contributed by atoms with Gasteiger partial charge in [0.25, 0.3) is 5.91 Å². The summed E-state index contributed by atoms with van der Waals surface area (Å²) in [4.78, 5) is 17.6. The summed E-state index contributed by atoms with van der Waals surface area (Å²) < 4.78 is 13.9. The van der Waals surface area contributed by atoms with Gasteiger partial charge >= 0.3 is 0 Å². The van der Waals surface area contributed by atoms with Crippen molar-refractivity contribution in [2.45, 2.75) is 16.9 Å². The molecular formula is C23H16Br3N3O3S. The summed E-state index contributed by atoms with van der Waals surface area (Å²) in [6.45, 7) is 1.82. The Kier molecular flexibility index (Phi) is 7.90. The van der Waals surface area contributed by atoms with Gasteiger partial charge < -0.3 is 9.15 Å². The second-order valence-corrected chi connectivity index (χ2v) is 10.5. The number of rotatable bonds is 7. The zero-order valence-corrected chi connectivity index (χ0v) is 22.7. The predicted octanol–water partition coefficient (Wildman–Crippen LogP) is 7.10. The van der Waals surface area contributed by atoms with Crippen LogP contribution in [0.25, 0.3) is 10.9 Å². The molecule has 0 bridgehead atoms. The molecule has 0 unspecified atom stereocenters. The molecule has 33 heavy (non-hydrogen) atoms. The Labute approximate surface area is 219 Å². The molecule has 1 N–H and O–H groups in total. The van der Waals surface area contributed by atoms with E-state index >= 15 is 0 Å². The number of halogens is 3. The average Bonchev–Trinajstić information content (AvgIpc) is 3.14. The minimum Gasteiger partial charge on any atom is -0.480 e.